The van der Waals surface area contributed by atoms with Gasteiger partial charge >= 0.3 is 0 Å². The third-order valence-corrected chi connectivity index (χ3v) is 3.59. The van der Waals surface area contributed by atoms with Gasteiger partial charge < -0.3 is 15.0 Å². The van der Waals surface area contributed by atoms with Crippen molar-refractivity contribution in [2.45, 2.75) is 33.1 Å². The predicted octanol–water partition coefficient (Wildman–Crippen LogP) is 2.83. The number of aryl methyl sites for hydroxylation is 1. The van der Waals surface area contributed by atoms with Crippen molar-refractivity contribution in [1.29, 1.82) is 0 Å². The summed E-state index contributed by atoms with van der Waals surface area (Å²) < 4.78 is 5.72. The summed E-state index contributed by atoms with van der Waals surface area (Å²) in [5.41, 5.74) is 1.26. The van der Waals surface area contributed by atoms with Crippen LogP contribution in [0.25, 0.3) is 0 Å². The van der Waals surface area contributed by atoms with Crippen LogP contribution in [0, 0.1) is 6.92 Å². The lowest BCUT2D eigenvalue weighted by molar-refractivity contribution is 0.313. The third kappa shape index (κ3) is 5.29. The first-order chi connectivity index (χ1) is 10.3. The van der Waals surface area contributed by atoms with Crippen LogP contribution in [0.1, 0.15) is 31.7 Å². The first kappa shape index (κ1) is 15.7. The van der Waals surface area contributed by atoms with Crippen LogP contribution in [-0.4, -0.2) is 43.6 Å². The zero-order valence-corrected chi connectivity index (χ0v) is 13.3. The summed E-state index contributed by atoms with van der Waals surface area (Å²) in [6.07, 6.45) is 3.50. The Morgan fingerprint density at radius 2 is 1.95 bits per heavy atom. The van der Waals surface area contributed by atoms with Gasteiger partial charge in [-0.15, -0.1) is 0 Å². The van der Waals surface area contributed by atoms with E-state index >= 15 is 0 Å². The molecule has 1 saturated heterocycles. The highest BCUT2D eigenvalue weighted by atomic mass is 16.5. The number of guanidine groups is 1. The smallest absolute Gasteiger partial charge is 0.193 e. The van der Waals surface area contributed by atoms with Crippen molar-refractivity contribution in [3.63, 3.8) is 0 Å². The highest BCUT2D eigenvalue weighted by Crippen LogP contribution is 2.11. The van der Waals surface area contributed by atoms with Gasteiger partial charge in [0.25, 0.3) is 0 Å². The van der Waals surface area contributed by atoms with E-state index in [0.717, 1.165) is 44.3 Å². The molecular formula is C17H27N3O. The van der Waals surface area contributed by atoms with Gasteiger partial charge in [0.05, 0.1) is 6.61 Å². The summed E-state index contributed by atoms with van der Waals surface area (Å²) in [7, 11) is 0. The second-order valence-corrected chi connectivity index (χ2v) is 5.44. The number of nitrogens with one attached hydrogen (secondary N) is 1. The van der Waals surface area contributed by atoms with E-state index in [1.54, 1.807) is 0 Å². The van der Waals surface area contributed by atoms with E-state index in [0.29, 0.717) is 6.61 Å². The second-order valence-electron chi connectivity index (χ2n) is 5.44. The van der Waals surface area contributed by atoms with Gasteiger partial charge in [-0.3, -0.25) is 4.99 Å². The van der Waals surface area contributed by atoms with Gasteiger partial charge in [0, 0.05) is 32.6 Å². The molecule has 0 aromatic heterocycles. The standard InChI is InChI=1S/C17H27N3O/c1-3-18-17(20-12-4-5-13-20)19-11-6-14-21-16-9-7-15(2)8-10-16/h7-10H,3-6,11-14H2,1-2H3,(H,18,19). The molecule has 1 aliphatic rings. The first-order valence-corrected chi connectivity index (χ1v) is 8.02. The molecule has 1 heterocycles. The molecule has 1 aromatic carbocycles. The number of aliphatic imine (C=N–C) groups is 1. The van der Waals surface area contributed by atoms with Crippen LogP contribution in [0.5, 0.6) is 5.75 Å². The lowest BCUT2D eigenvalue weighted by Gasteiger charge is -2.20. The number of rotatable bonds is 6. The molecule has 0 spiro atoms. The molecule has 116 valence electrons. The summed E-state index contributed by atoms with van der Waals surface area (Å²) >= 11 is 0. The van der Waals surface area contributed by atoms with Crippen molar-refractivity contribution in [2.24, 2.45) is 4.99 Å². The normalized spacial score (nSPS) is 15.3. The maximum atomic E-state index is 5.72. The van der Waals surface area contributed by atoms with Crippen molar-refractivity contribution in [1.82, 2.24) is 10.2 Å². The number of nitrogens with zero attached hydrogens (tertiary/aromatic N) is 2. The molecule has 21 heavy (non-hydrogen) atoms. The lowest BCUT2D eigenvalue weighted by atomic mass is 10.2. The van der Waals surface area contributed by atoms with Crippen LogP contribution in [-0.2, 0) is 0 Å². The molecule has 1 aromatic rings. The number of benzene rings is 1. The Kier molecular flexibility index (Phi) is 6.38. The first-order valence-electron chi connectivity index (χ1n) is 8.02. The van der Waals surface area contributed by atoms with Crippen molar-refractivity contribution >= 4 is 5.96 Å². The number of hydrogen-bond donors (Lipinski definition) is 1. The van der Waals surface area contributed by atoms with Crippen LogP contribution in [0.3, 0.4) is 0 Å². The molecule has 0 saturated carbocycles. The summed E-state index contributed by atoms with van der Waals surface area (Å²) in [4.78, 5) is 7.04. The molecule has 4 nitrogen and oxygen atoms in total. The highest BCUT2D eigenvalue weighted by molar-refractivity contribution is 5.80. The summed E-state index contributed by atoms with van der Waals surface area (Å²) in [5, 5.41) is 3.37. The molecule has 1 fully saturated rings. The minimum atomic E-state index is 0.714. The molecule has 4 heteroatoms. The number of hydrogen-bond acceptors (Lipinski definition) is 2. The van der Waals surface area contributed by atoms with Crippen molar-refractivity contribution in [2.75, 3.05) is 32.8 Å². The van der Waals surface area contributed by atoms with Gasteiger partial charge in [-0.2, -0.15) is 0 Å². The Bertz CT molecular complexity index is 436. The second kappa shape index (κ2) is 8.55. The topological polar surface area (TPSA) is 36.9 Å². The number of ether oxygens (including phenoxy) is 1. The zero-order chi connectivity index (χ0) is 14.9. The van der Waals surface area contributed by atoms with E-state index in [4.69, 9.17) is 9.73 Å². The largest absolute Gasteiger partial charge is 0.494 e. The Hall–Kier alpha value is -1.71. The van der Waals surface area contributed by atoms with E-state index in [-0.39, 0.29) is 0 Å². The van der Waals surface area contributed by atoms with Crippen LogP contribution < -0.4 is 10.1 Å². The van der Waals surface area contributed by atoms with Crippen LogP contribution in [0.15, 0.2) is 29.3 Å². The molecule has 1 aliphatic heterocycles. The van der Waals surface area contributed by atoms with Crippen LogP contribution in [0.4, 0.5) is 0 Å². The molecule has 0 amide bonds. The van der Waals surface area contributed by atoms with Gasteiger partial charge in [-0.25, -0.2) is 0 Å². The highest BCUT2D eigenvalue weighted by Gasteiger charge is 2.14. The molecule has 0 radical (unpaired) electrons. The Labute approximate surface area is 128 Å². The van der Waals surface area contributed by atoms with E-state index < -0.39 is 0 Å². The van der Waals surface area contributed by atoms with Gasteiger partial charge in [0.15, 0.2) is 5.96 Å². The molecule has 0 aliphatic carbocycles. The van der Waals surface area contributed by atoms with E-state index in [1.807, 2.05) is 12.1 Å². The fourth-order valence-corrected chi connectivity index (χ4v) is 2.43. The fourth-order valence-electron chi connectivity index (χ4n) is 2.43. The van der Waals surface area contributed by atoms with Crippen LogP contribution in [0.2, 0.25) is 0 Å². The summed E-state index contributed by atoms with van der Waals surface area (Å²) in [6, 6.07) is 8.19. The summed E-state index contributed by atoms with van der Waals surface area (Å²) in [5.74, 6) is 2.00. The third-order valence-electron chi connectivity index (χ3n) is 3.59. The van der Waals surface area contributed by atoms with Gasteiger partial charge in [-0.1, -0.05) is 17.7 Å². The molecule has 0 bridgehead atoms. The maximum Gasteiger partial charge on any atom is 0.193 e. The minimum Gasteiger partial charge on any atom is -0.494 e. The SMILES string of the molecule is CCNC(=NCCCOc1ccc(C)cc1)N1CCCC1. The predicted molar refractivity (Wildman–Crippen MR) is 88.1 cm³/mol. The van der Waals surface area contributed by atoms with E-state index in [1.165, 1.54) is 18.4 Å². The Morgan fingerprint density at radius 1 is 1.24 bits per heavy atom. The van der Waals surface area contributed by atoms with Crippen LogP contribution >= 0.6 is 0 Å². The maximum absolute atomic E-state index is 5.72. The average molecular weight is 289 g/mol. The Morgan fingerprint density at radius 3 is 2.62 bits per heavy atom. The fraction of sp³-hybridized carbons (Fsp3) is 0.588. The molecule has 0 atom stereocenters. The quantitative estimate of drug-likeness (QED) is 0.497. The molecule has 0 unspecified atom stereocenters. The van der Waals surface area contributed by atoms with Gasteiger partial charge in [-0.05, 0) is 38.8 Å². The summed E-state index contributed by atoms with van der Waals surface area (Å²) in [6.45, 7) is 8.91. The monoisotopic (exact) mass is 289 g/mol. The van der Waals surface area contributed by atoms with Gasteiger partial charge in [0.2, 0.25) is 0 Å². The molecule has 1 N–H and O–H groups in total. The van der Waals surface area contributed by atoms with Gasteiger partial charge in [0.1, 0.15) is 5.75 Å². The van der Waals surface area contributed by atoms with E-state index in [9.17, 15) is 0 Å². The van der Waals surface area contributed by atoms with Crippen molar-refractivity contribution in [3.8, 4) is 5.75 Å². The number of likely N-dealkylation sites (tertiary alicyclic amines) is 1. The lowest BCUT2D eigenvalue weighted by Crippen LogP contribution is -2.39. The molecule has 2 rings (SSSR count). The Balaban J connectivity index is 1.71. The minimum absolute atomic E-state index is 0.714. The van der Waals surface area contributed by atoms with Crippen molar-refractivity contribution < 1.29 is 4.74 Å². The van der Waals surface area contributed by atoms with Crippen molar-refractivity contribution in [3.05, 3.63) is 29.8 Å². The van der Waals surface area contributed by atoms with E-state index in [2.05, 4.69) is 36.2 Å². The zero-order valence-electron chi connectivity index (χ0n) is 13.3. The molecular weight excluding hydrogens is 262 g/mol. The average Bonchev–Trinajstić information content (AvgIpc) is 3.02.